The van der Waals surface area contributed by atoms with E-state index in [2.05, 4.69) is 48.4 Å². The molecule has 1 heterocycles. The molecule has 0 aliphatic heterocycles. The summed E-state index contributed by atoms with van der Waals surface area (Å²) in [7, 11) is 0. The van der Waals surface area contributed by atoms with Crippen molar-refractivity contribution < 1.29 is 0 Å². The molecule has 1 aromatic carbocycles. The van der Waals surface area contributed by atoms with Gasteiger partial charge in [0.2, 0.25) is 0 Å². The summed E-state index contributed by atoms with van der Waals surface area (Å²) in [5.41, 5.74) is 8.76. The molecule has 1 aromatic heterocycles. The number of aromatic nitrogens is 3. The van der Waals surface area contributed by atoms with Crippen LogP contribution in [0.25, 0.3) is 12.2 Å². The third-order valence-corrected chi connectivity index (χ3v) is 3.19. The molecule has 0 bridgehead atoms. The monoisotopic (exact) mass is 270 g/mol. The van der Waals surface area contributed by atoms with Crippen LogP contribution >= 0.6 is 0 Å². The summed E-state index contributed by atoms with van der Waals surface area (Å²) >= 11 is 0. The van der Waals surface area contributed by atoms with Crippen LogP contribution in [0.3, 0.4) is 0 Å². The molecule has 0 aliphatic carbocycles. The Morgan fingerprint density at radius 3 is 2.60 bits per heavy atom. The Morgan fingerprint density at radius 1 is 1.20 bits per heavy atom. The minimum Gasteiger partial charge on any atom is -0.325 e. The predicted molar refractivity (Wildman–Crippen MR) is 82.7 cm³/mol. The molecular formula is C16H22N4. The van der Waals surface area contributed by atoms with Crippen LogP contribution < -0.4 is 5.73 Å². The Kier molecular flexibility index (Phi) is 5.07. The average molecular weight is 270 g/mol. The van der Waals surface area contributed by atoms with E-state index in [1.165, 1.54) is 0 Å². The van der Waals surface area contributed by atoms with Crippen LogP contribution in [-0.2, 0) is 13.1 Å². The second-order valence-corrected chi connectivity index (χ2v) is 5.28. The lowest BCUT2D eigenvalue weighted by molar-refractivity contribution is 0.476. The molecule has 0 saturated heterocycles. The van der Waals surface area contributed by atoms with Gasteiger partial charge < -0.3 is 5.73 Å². The molecule has 20 heavy (non-hydrogen) atoms. The fraction of sp³-hybridized carbons (Fsp3) is 0.375. The van der Waals surface area contributed by atoms with Crippen molar-refractivity contribution in [3.05, 3.63) is 47.3 Å². The fourth-order valence-corrected chi connectivity index (χ4v) is 1.97. The minimum absolute atomic E-state index is 0.413. The van der Waals surface area contributed by atoms with E-state index in [4.69, 9.17) is 5.73 Å². The lowest BCUT2D eigenvalue weighted by atomic mass is 10.1. The second kappa shape index (κ2) is 7.01. The molecule has 106 valence electrons. The predicted octanol–water partition coefficient (Wildman–Crippen LogP) is 2.95. The van der Waals surface area contributed by atoms with Crippen LogP contribution in [-0.4, -0.2) is 15.0 Å². The lowest BCUT2D eigenvalue weighted by Gasteiger charge is -2.06. The molecule has 2 rings (SSSR count). The van der Waals surface area contributed by atoms with E-state index >= 15 is 0 Å². The summed E-state index contributed by atoms with van der Waals surface area (Å²) < 4.78 is 1.95. The maximum atomic E-state index is 5.74. The third kappa shape index (κ3) is 3.78. The Hall–Kier alpha value is -1.94. The Balaban J connectivity index is 2.20. The molecule has 0 amide bonds. The molecule has 0 fully saturated rings. The molecule has 0 spiro atoms. The van der Waals surface area contributed by atoms with E-state index in [0.717, 1.165) is 29.9 Å². The lowest BCUT2D eigenvalue weighted by Crippen LogP contribution is -2.06. The second-order valence-electron chi connectivity index (χ2n) is 5.28. The van der Waals surface area contributed by atoms with Crippen molar-refractivity contribution in [1.82, 2.24) is 15.0 Å². The van der Waals surface area contributed by atoms with Crippen LogP contribution in [0.4, 0.5) is 0 Å². The number of nitrogens with zero attached hydrogens (tertiary/aromatic N) is 3. The number of hydrogen-bond acceptors (Lipinski definition) is 3. The van der Waals surface area contributed by atoms with E-state index in [0.29, 0.717) is 12.5 Å². The highest BCUT2D eigenvalue weighted by Crippen LogP contribution is 2.13. The summed E-state index contributed by atoms with van der Waals surface area (Å²) in [6, 6.07) is 10.2. The molecule has 0 radical (unpaired) electrons. The van der Waals surface area contributed by atoms with Crippen molar-refractivity contribution in [2.45, 2.75) is 33.4 Å². The summed E-state index contributed by atoms with van der Waals surface area (Å²) in [4.78, 5) is 0. The molecule has 2 aromatic rings. The summed E-state index contributed by atoms with van der Waals surface area (Å²) in [5, 5.41) is 8.37. The number of nitrogens with two attached hydrogens (primary N) is 1. The first-order valence-electron chi connectivity index (χ1n) is 7.06. The molecule has 4 heteroatoms. The van der Waals surface area contributed by atoms with Gasteiger partial charge >= 0.3 is 0 Å². The van der Waals surface area contributed by atoms with E-state index in [1.807, 2.05) is 22.9 Å². The highest BCUT2D eigenvalue weighted by molar-refractivity contribution is 5.68. The number of hydrogen-bond donors (Lipinski definition) is 1. The van der Waals surface area contributed by atoms with Gasteiger partial charge in [-0.15, -0.1) is 5.10 Å². The first-order valence-corrected chi connectivity index (χ1v) is 7.06. The molecule has 0 atom stereocenters. The first kappa shape index (κ1) is 14.5. The van der Waals surface area contributed by atoms with Crippen molar-refractivity contribution in [2.75, 3.05) is 0 Å². The van der Waals surface area contributed by atoms with Gasteiger partial charge in [0.05, 0.1) is 5.69 Å². The smallest absolute Gasteiger partial charge is 0.104 e. The summed E-state index contributed by atoms with van der Waals surface area (Å²) in [6.07, 6.45) is 5.21. The normalized spacial score (nSPS) is 11.6. The Morgan fingerprint density at radius 2 is 1.95 bits per heavy atom. The van der Waals surface area contributed by atoms with Gasteiger partial charge in [0.25, 0.3) is 0 Å². The van der Waals surface area contributed by atoms with E-state index in [9.17, 15) is 0 Å². The quantitative estimate of drug-likeness (QED) is 0.878. The Bertz CT molecular complexity index is 555. The molecule has 0 unspecified atom stereocenters. The largest absolute Gasteiger partial charge is 0.325 e. The van der Waals surface area contributed by atoms with Gasteiger partial charge in [0.15, 0.2) is 0 Å². The van der Waals surface area contributed by atoms with Crippen molar-refractivity contribution in [1.29, 1.82) is 0 Å². The van der Waals surface area contributed by atoms with Crippen molar-refractivity contribution in [3.63, 3.8) is 0 Å². The van der Waals surface area contributed by atoms with E-state index in [1.54, 1.807) is 0 Å². The Labute approximate surface area is 120 Å². The highest BCUT2D eigenvalue weighted by Gasteiger charge is 2.09. The maximum Gasteiger partial charge on any atom is 0.104 e. The zero-order valence-electron chi connectivity index (χ0n) is 12.2. The van der Waals surface area contributed by atoms with Gasteiger partial charge in [0, 0.05) is 13.1 Å². The van der Waals surface area contributed by atoms with Gasteiger partial charge in [0.1, 0.15) is 5.69 Å². The average Bonchev–Trinajstić information content (AvgIpc) is 2.86. The van der Waals surface area contributed by atoms with Gasteiger partial charge in [-0.2, -0.15) is 0 Å². The molecule has 2 N–H and O–H groups in total. The van der Waals surface area contributed by atoms with Gasteiger partial charge in [-0.1, -0.05) is 55.5 Å². The maximum absolute atomic E-state index is 5.74. The van der Waals surface area contributed by atoms with Crippen molar-refractivity contribution >= 4 is 12.2 Å². The minimum atomic E-state index is 0.413. The van der Waals surface area contributed by atoms with Crippen LogP contribution in [0, 0.1) is 5.92 Å². The molecule has 0 aliphatic rings. The van der Waals surface area contributed by atoms with E-state index in [-0.39, 0.29) is 0 Å². The van der Waals surface area contributed by atoms with Gasteiger partial charge in [-0.25, -0.2) is 4.68 Å². The SMILES string of the molecule is CC(C)CCn1nnc(CN)c1/C=C/c1ccccc1. The summed E-state index contributed by atoms with van der Waals surface area (Å²) in [6.45, 7) is 5.70. The topological polar surface area (TPSA) is 56.7 Å². The zero-order valence-corrected chi connectivity index (χ0v) is 12.2. The van der Waals surface area contributed by atoms with Gasteiger partial charge in [-0.3, -0.25) is 0 Å². The third-order valence-electron chi connectivity index (χ3n) is 3.19. The number of benzene rings is 1. The van der Waals surface area contributed by atoms with Crippen LogP contribution in [0.5, 0.6) is 0 Å². The summed E-state index contributed by atoms with van der Waals surface area (Å²) in [5.74, 6) is 0.645. The molecule has 0 saturated carbocycles. The number of aryl methyl sites for hydroxylation is 1. The molecular weight excluding hydrogens is 248 g/mol. The van der Waals surface area contributed by atoms with E-state index < -0.39 is 0 Å². The highest BCUT2D eigenvalue weighted by atomic mass is 15.4. The van der Waals surface area contributed by atoms with Crippen LogP contribution in [0.1, 0.15) is 37.2 Å². The molecule has 4 nitrogen and oxygen atoms in total. The van der Waals surface area contributed by atoms with Gasteiger partial charge in [-0.05, 0) is 24.0 Å². The first-order chi connectivity index (χ1) is 9.70. The standard InChI is InChI=1S/C16H22N4/c1-13(2)10-11-20-16(15(12-17)18-19-20)9-8-14-6-4-3-5-7-14/h3-9,13H,10-12,17H2,1-2H3/b9-8+. The van der Waals surface area contributed by atoms with Crippen molar-refractivity contribution in [3.8, 4) is 0 Å². The zero-order chi connectivity index (χ0) is 14.4. The number of rotatable bonds is 6. The van der Waals surface area contributed by atoms with Crippen LogP contribution in [0.2, 0.25) is 0 Å². The fourth-order valence-electron chi connectivity index (χ4n) is 1.97. The van der Waals surface area contributed by atoms with Crippen molar-refractivity contribution in [2.24, 2.45) is 11.7 Å². The van der Waals surface area contributed by atoms with Crippen LogP contribution in [0.15, 0.2) is 30.3 Å².